The summed E-state index contributed by atoms with van der Waals surface area (Å²) in [4.78, 5) is 3.37. The monoisotopic (exact) mass is 317 g/mol. The Hall–Kier alpha value is -0.470. The van der Waals surface area contributed by atoms with Gasteiger partial charge in [-0.15, -0.1) is 11.3 Å². The number of rotatable bonds is 3. The zero-order chi connectivity index (χ0) is 14.9. The van der Waals surface area contributed by atoms with Crippen molar-refractivity contribution in [1.82, 2.24) is 9.21 Å². The third-order valence-corrected chi connectivity index (χ3v) is 7.23. The predicted molar refractivity (Wildman–Crippen MR) is 82.4 cm³/mol. The summed E-state index contributed by atoms with van der Waals surface area (Å²) in [6.07, 6.45) is 0.862. The van der Waals surface area contributed by atoms with E-state index in [0.717, 1.165) is 30.0 Å². The van der Waals surface area contributed by atoms with Crippen LogP contribution < -0.4 is 5.73 Å². The molecule has 0 aromatic carbocycles. The Morgan fingerprint density at radius 3 is 2.80 bits per heavy atom. The van der Waals surface area contributed by atoms with Crippen LogP contribution in [-0.2, 0) is 16.6 Å². The van der Waals surface area contributed by atoms with Gasteiger partial charge in [0.1, 0.15) is 4.90 Å². The Bertz CT molecular complexity index is 568. The second-order valence-electron chi connectivity index (χ2n) is 5.46. The van der Waals surface area contributed by atoms with E-state index in [2.05, 4.69) is 4.90 Å². The van der Waals surface area contributed by atoms with Gasteiger partial charge in [-0.3, -0.25) is 0 Å². The Morgan fingerprint density at radius 1 is 1.45 bits per heavy atom. The fraction of sp³-hybridized carbons (Fsp3) is 0.692. The fourth-order valence-electron chi connectivity index (χ4n) is 2.80. The van der Waals surface area contributed by atoms with Crippen molar-refractivity contribution in [3.63, 3.8) is 0 Å². The molecular weight excluding hydrogens is 294 g/mol. The highest BCUT2D eigenvalue weighted by molar-refractivity contribution is 7.89. The lowest BCUT2D eigenvalue weighted by molar-refractivity contribution is 0.290. The molecule has 7 heteroatoms. The first kappa shape index (κ1) is 15.9. The SMILES string of the molecule is Cc1csc(CN)c1S(=O)(=O)N1CCCN(C)CC1C. The maximum Gasteiger partial charge on any atom is 0.244 e. The van der Waals surface area contributed by atoms with E-state index >= 15 is 0 Å². The molecule has 0 bridgehead atoms. The molecule has 2 rings (SSSR count). The van der Waals surface area contributed by atoms with Crippen molar-refractivity contribution in [3.8, 4) is 0 Å². The van der Waals surface area contributed by atoms with Gasteiger partial charge in [-0.1, -0.05) is 0 Å². The average molecular weight is 317 g/mol. The maximum atomic E-state index is 13.0. The molecule has 1 aromatic heterocycles. The maximum absolute atomic E-state index is 13.0. The van der Waals surface area contributed by atoms with Gasteiger partial charge in [0.2, 0.25) is 10.0 Å². The summed E-state index contributed by atoms with van der Waals surface area (Å²) in [6.45, 7) is 6.37. The molecule has 0 saturated carbocycles. The van der Waals surface area contributed by atoms with Gasteiger partial charge in [-0.25, -0.2) is 8.42 Å². The summed E-state index contributed by atoms with van der Waals surface area (Å²) in [7, 11) is -1.42. The van der Waals surface area contributed by atoms with Crippen LogP contribution in [0.15, 0.2) is 10.3 Å². The Labute approximate surface area is 125 Å². The Morgan fingerprint density at radius 2 is 2.15 bits per heavy atom. The molecule has 1 saturated heterocycles. The lowest BCUT2D eigenvalue weighted by Crippen LogP contribution is -2.42. The van der Waals surface area contributed by atoms with E-state index in [1.807, 2.05) is 26.3 Å². The highest BCUT2D eigenvalue weighted by atomic mass is 32.2. The molecule has 0 radical (unpaired) electrons. The quantitative estimate of drug-likeness (QED) is 0.910. The number of thiophene rings is 1. The molecule has 1 aliphatic heterocycles. The zero-order valence-corrected chi connectivity index (χ0v) is 13.9. The number of likely N-dealkylation sites (N-methyl/N-ethyl adjacent to an activating group) is 1. The van der Waals surface area contributed by atoms with Gasteiger partial charge in [0.15, 0.2) is 0 Å². The van der Waals surface area contributed by atoms with Crippen LogP contribution >= 0.6 is 11.3 Å². The summed E-state index contributed by atoms with van der Waals surface area (Å²) in [5, 5.41) is 1.88. The van der Waals surface area contributed by atoms with Crippen molar-refractivity contribution >= 4 is 21.4 Å². The van der Waals surface area contributed by atoms with Crippen LogP contribution in [0.25, 0.3) is 0 Å². The predicted octanol–water partition coefficient (Wildman–Crippen LogP) is 1.23. The van der Waals surface area contributed by atoms with E-state index < -0.39 is 10.0 Å². The van der Waals surface area contributed by atoms with Gasteiger partial charge in [-0.2, -0.15) is 4.31 Å². The minimum Gasteiger partial charge on any atom is -0.326 e. The molecule has 0 aliphatic carbocycles. The smallest absolute Gasteiger partial charge is 0.244 e. The van der Waals surface area contributed by atoms with Crippen molar-refractivity contribution in [2.45, 2.75) is 37.8 Å². The third kappa shape index (κ3) is 2.92. The van der Waals surface area contributed by atoms with E-state index in [4.69, 9.17) is 5.73 Å². The lowest BCUT2D eigenvalue weighted by atomic mass is 10.3. The molecule has 1 aliphatic rings. The van der Waals surface area contributed by atoms with Gasteiger partial charge >= 0.3 is 0 Å². The molecule has 1 unspecified atom stereocenters. The number of nitrogens with two attached hydrogens (primary N) is 1. The first-order valence-electron chi connectivity index (χ1n) is 6.85. The molecule has 5 nitrogen and oxygen atoms in total. The highest BCUT2D eigenvalue weighted by Gasteiger charge is 2.34. The molecule has 20 heavy (non-hydrogen) atoms. The van der Waals surface area contributed by atoms with E-state index in [1.165, 1.54) is 11.3 Å². The average Bonchev–Trinajstić information content (AvgIpc) is 2.66. The summed E-state index contributed by atoms with van der Waals surface area (Å²) in [5.74, 6) is 0. The molecule has 1 atom stereocenters. The number of nitrogens with zero attached hydrogens (tertiary/aromatic N) is 2. The minimum atomic E-state index is -3.45. The summed E-state index contributed by atoms with van der Waals surface area (Å²) < 4.78 is 27.6. The molecule has 0 spiro atoms. The van der Waals surface area contributed by atoms with Crippen LogP contribution in [0.1, 0.15) is 23.8 Å². The van der Waals surface area contributed by atoms with Crippen LogP contribution in [0.3, 0.4) is 0 Å². The van der Waals surface area contributed by atoms with Crippen LogP contribution in [0.5, 0.6) is 0 Å². The van der Waals surface area contributed by atoms with E-state index in [-0.39, 0.29) is 12.6 Å². The molecule has 114 valence electrons. The number of hydrogen-bond donors (Lipinski definition) is 1. The Balaban J connectivity index is 2.41. The molecule has 1 fully saturated rings. The number of hydrogen-bond acceptors (Lipinski definition) is 5. The first-order valence-corrected chi connectivity index (χ1v) is 9.17. The van der Waals surface area contributed by atoms with Gasteiger partial charge in [-0.05, 0) is 44.8 Å². The molecular formula is C13H23N3O2S2. The normalized spacial score (nSPS) is 22.9. The van der Waals surface area contributed by atoms with Crippen molar-refractivity contribution in [3.05, 3.63) is 15.8 Å². The van der Waals surface area contributed by atoms with Crippen molar-refractivity contribution < 1.29 is 8.42 Å². The van der Waals surface area contributed by atoms with Crippen molar-refractivity contribution in [2.24, 2.45) is 5.73 Å². The van der Waals surface area contributed by atoms with Crippen molar-refractivity contribution in [1.29, 1.82) is 0 Å². The highest BCUT2D eigenvalue weighted by Crippen LogP contribution is 2.30. The van der Waals surface area contributed by atoms with Crippen LogP contribution in [0.2, 0.25) is 0 Å². The van der Waals surface area contributed by atoms with Gasteiger partial charge in [0.25, 0.3) is 0 Å². The van der Waals surface area contributed by atoms with E-state index in [0.29, 0.717) is 11.4 Å². The lowest BCUT2D eigenvalue weighted by Gasteiger charge is -2.27. The van der Waals surface area contributed by atoms with Gasteiger partial charge in [0, 0.05) is 30.6 Å². The van der Waals surface area contributed by atoms with E-state index in [9.17, 15) is 8.42 Å². The van der Waals surface area contributed by atoms with E-state index in [1.54, 1.807) is 4.31 Å². The van der Waals surface area contributed by atoms with Crippen molar-refractivity contribution in [2.75, 3.05) is 26.7 Å². The van der Waals surface area contributed by atoms with Crippen LogP contribution in [0.4, 0.5) is 0 Å². The van der Waals surface area contributed by atoms with Crippen LogP contribution in [0, 0.1) is 6.92 Å². The topological polar surface area (TPSA) is 66.6 Å². The summed E-state index contributed by atoms with van der Waals surface area (Å²) in [6, 6.07) is -0.0163. The second kappa shape index (κ2) is 6.11. The minimum absolute atomic E-state index is 0.0163. The van der Waals surface area contributed by atoms with Gasteiger partial charge < -0.3 is 10.6 Å². The molecule has 2 heterocycles. The largest absolute Gasteiger partial charge is 0.326 e. The number of sulfonamides is 1. The summed E-state index contributed by atoms with van der Waals surface area (Å²) in [5.41, 5.74) is 6.50. The standard InChI is InChI=1S/C13H23N3O2S2/c1-10-9-19-12(7-14)13(10)20(17,18)16-6-4-5-15(3)8-11(16)2/h9,11H,4-8,14H2,1-3H3. The molecule has 1 aromatic rings. The molecule has 2 N–H and O–H groups in total. The van der Waals surface area contributed by atoms with Crippen LogP contribution in [-0.4, -0.2) is 50.3 Å². The summed E-state index contributed by atoms with van der Waals surface area (Å²) >= 11 is 1.43. The third-order valence-electron chi connectivity index (χ3n) is 3.73. The zero-order valence-electron chi connectivity index (χ0n) is 12.3. The Kier molecular flexibility index (Phi) is 4.86. The first-order chi connectivity index (χ1) is 9.37. The second-order valence-corrected chi connectivity index (χ2v) is 8.25. The number of aryl methyl sites for hydroxylation is 1. The fourth-order valence-corrected chi connectivity index (χ4v) is 6.12. The van der Waals surface area contributed by atoms with Gasteiger partial charge in [0.05, 0.1) is 0 Å². The molecule has 0 amide bonds.